The number of methoxy groups -OCH3 is 1. The smallest absolute Gasteiger partial charge is 0.220 e. The lowest BCUT2D eigenvalue weighted by atomic mass is 9.97. The highest BCUT2D eigenvalue weighted by molar-refractivity contribution is 5.85. The quantitative estimate of drug-likeness (QED) is 0.700. The van der Waals surface area contributed by atoms with Crippen LogP contribution in [0.1, 0.15) is 31.2 Å². The second-order valence-corrected chi connectivity index (χ2v) is 6.17. The minimum Gasteiger partial charge on any atom is -0.497 e. The molecule has 1 amide bonds. The van der Waals surface area contributed by atoms with Gasteiger partial charge in [0, 0.05) is 39.1 Å². The highest BCUT2D eigenvalue weighted by atomic mass is 35.5. The number of nitrogens with zero attached hydrogens (tertiary/aromatic N) is 1. The molecule has 1 aromatic rings. The molecule has 1 heterocycles. The van der Waals surface area contributed by atoms with Crippen molar-refractivity contribution >= 4 is 18.3 Å². The van der Waals surface area contributed by atoms with Crippen molar-refractivity contribution < 1.29 is 9.53 Å². The first-order valence-electron chi connectivity index (χ1n) is 8.53. The molecule has 6 heteroatoms. The van der Waals surface area contributed by atoms with Crippen LogP contribution in [0.2, 0.25) is 0 Å². The first-order valence-corrected chi connectivity index (χ1v) is 8.53. The average Bonchev–Trinajstić information content (AvgIpc) is 2.59. The molecule has 136 valence electrons. The van der Waals surface area contributed by atoms with Gasteiger partial charge in [-0.3, -0.25) is 4.79 Å². The molecule has 1 fully saturated rings. The number of hydrogen-bond donors (Lipinski definition) is 2. The first kappa shape index (κ1) is 20.7. The summed E-state index contributed by atoms with van der Waals surface area (Å²) in [5, 5.41) is 6.39. The Bertz CT molecular complexity index is 476. The van der Waals surface area contributed by atoms with E-state index in [1.165, 1.54) is 5.56 Å². The van der Waals surface area contributed by atoms with E-state index in [-0.39, 0.29) is 24.2 Å². The van der Waals surface area contributed by atoms with Crippen molar-refractivity contribution in [1.29, 1.82) is 0 Å². The van der Waals surface area contributed by atoms with Crippen LogP contribution in [-0.2, 0) is 4.79 Å². The summed E-state index contributed by atoms with van der Waals surface area (Å²) in [6.07, 6.45) is 1.54. The zero-order valence-electron chi connectivity index (χ0n) is 14.7. The van der Waals surface area contributed by atoms with Crippen LogP contribution >= 0.6 is 12.4 Å². The Morgan fingerprint density at radius 2 is 1.96 bits per heavy atom. The van der Waals surface area contributed by atoms with Crippen LogP contribution in [0.15, 0.2) is 24.3 Å². The number of ether oxygens (including phenoxy) is 1. The molecule has 1 aliphatic rings. The molecule has 0 aliphatic carbocycles. The SMILES string of the molecule is COc1ccc(C(C)CC(=O)NCCCN2CCNCC2)cc1.Cl. The van der Waals surface area contributed by atoms with Crippen LogP contribution < -0.4 is 15.4 Å². The van der Waals surface area contributed by atoms with E-state index in [2.05, 4.69) is 22.5 Å². The highest BCUT2D eigenvalue weighted by Crippen LogP contribution is 2.21. The van der Waals surface area contributed by atoms with Gasteiger partial charge in [0.2, 0.25) is 5.91 Å². The molecule has 1 saturated heterocycles. The maximum atomic E-state index is 12.0. The Hall–Kier alpha value is -1.30. The molecule has 0 radical (unpaired) electrons. The van der Waals surface area contributed by atoms with E-state index in [0.717, 1.165) is 51.4 Å². The molecule has 2 rings (SSSR count). The van der Waals surface area contributed by atoms with Crippen LogP contribution in [0.5, 0.6) is 5.75 Å². The van der Waals surface area contributed by atoms with Crippen molar-refractivity contribution in [2.24, 2.45) is 0 Å². The van der Waals surface area contributed by atoms with Crippen molar-refractivity contribution in [3.63, 3.8) is 0 Å². The Labute approximate surface area is 151 Å². The van der Waals surface area contributed by atoms with E-state index >= 15 is 0 Å². The number of carbonyl (C=O) groups is 1. The lowest BCUT2D eigenvalue weighted by Crippen LogP contribution is -2.44. The molecule has 0 saturated carbocycles. The number of rotatable bonds is 8. The van der Waals surface area contributed by atoms with Gasteiger partial charge >= 0.3 is 0 Å². The van der Waals surface area contributed by atoms with Gasteiger partial charge in [-0.15, -0.1) is 12.4 Å². The van der Waals surface area contributed by atoms with E-state index in [0.29, 0.717) is 6.42 Å². The fourth-order valence-corrected chi connectivity index (χ4v) is 2.87. The molecule has 0 bridgehead atoms. The van der Waals surface area contributed by atoms with Crippen LogP contribution in [0.3, 0.4) is 0 Å². The summed E-state index contributed by atoms with van der Waals surface area (Å²) in [7, 11) is 1.66. The molecule has 1 atom stereocenters. The number of nitrogens with one attached hydrogen (secondary N) is 2. The number of carbonyl (C=O) groups excluding carboxylic acids is 1. The normalized spacial score (nSPS) is 16.1. The maximum Gasteiger partial charge on any atom is 0.220 e. The molecular weight excluding hydrogens is 326 g/mol. The first-order chi connectivity index (χ1) is 11.2. The Morgan fingerprint density at radius 3 is 2.58 bits per heavy atom. The third-order valence-corrected chi connectivity index (χ3v) is 4.36. The zero-order valence-corrected chi connectivity index (χ0v) is 15.5. The number of amides is 1. The Kier molecular flexibility index (Phi) is 9.76. The summed E-state index contributed by atoms with van der Waals surface area (Å²) in [4.78, 5) is 14.5. The summed E-state index contributed by atoms with van der Waals surface area (Å²) in [5.41, 5.74) is 1.17. The third kappa shape index (κ3) is 7.07. The van der Waals surface area contributed by atoms with Gasteiger partial charge < -0.3 is 20.3 Å². The third-order valence-electron chi connectivity index (χ3n) is 4.36. The summed E-state index contributed by atoms with van der Waals surface area (Å²) in [5.74, 6) is 1.20. The number of benzene rings is 1. The van der Waals surface area contributed by atoms with E-state index in [1.54, 1.807) is 7.11 Å². The van der Waals surface area contributed by atoms with Gasteiger partial charge in [0.15, 0.2) is 0 Å². The molecule has 0 spiro atoms. The second kappa shape index (κ2) is 11.3. The molecule has 24 heavy (non-hydrogen) atoms. The molecule has 1 aliphatic heterocycles. The van der Waals surface area contributed by atoms with Crippen molar-refractivity contribution in [1.82, 2.24) is 15.5 Å². The number of hydrogen-bond acceptors (Lipinski definition) is 4. The average molecular weight is 356 g/mol. The van der Waals surface area contributed by atoms with Crippen molar-refractivity contribution in [3.05, 3.63) is 29.8 Å². The minimum atomic E-state index is 0. The van der Waals surface area contributed by atoms with Crippen LogP contribution in [0.4, 0.5) is 0 Å². The van der Waals surface area contributed by atoms with Gasteiger partial charge in [-0.25, -0.2) is 0 Å². The predicted octanol–water partition coefficient (Wildman–Crippen LogP) is 2.02. The van der Waals surface area contributed by atoms with Gasteiger partial charge in [-0.2, -0.15) is 0 Å². The van der Waals surface area contributed by atoms with Crippen molar-refractivity contribution in [2.75, 3.05) is 46.4 Å². The number of halogens is 1. The largest absolute Gasteiger partial charge is 0.497 e. The van der Waals surface area contributed by atoms with E-state index in [4.69, 9.17) is 4.74 Å². The Morgan fingerprint density at radius 1 is 1.29 bits per heavy atom. The predicted molar refractivity (Wildman–Crippen MR) is 100 cm³/mol. The molecule has 1 aromatic carbocycles. The van der Waals surface area contributed by atoms with Crippen molar-refractivity contribution in [2.45, 2.75) is 25.7 Å². The molecule has 0 aromatic heterocycles. The topological polar surface area (TPSA) is 53.6 Å². The molecule has 2 N–H and O–H groups in total. The van der Waals surface area contributed by atoms with Gasteiger partial charge in [-0.05, 0) is 36.6 Å². The maximum absolute atomic E-state index is 12.0. The zero-order chi connectivity index (χ0) is 16.5. The van der Waals surface area contributed by atoms with E-state index in [1.807, 2.05) is 24.3 Å². The summed E-state index contributed by atoms with van der Waals surface area (Å²) >= 11 is 0. The van der Waals surface area contributed by atoms with Gasteiger partial charge in [-0.1, -0.05) is 19.1 Å². The standard InChI is InChI=1S/C18H29N3O2.ClH/c1-15(16-4-6-17(23-2)7-5-16)14-18(22)20-8-3-11-21-12-9-19-10-13-21;/h4-7,15,19H,3,8-14H2,1-2H3,(H,20,22);1H. The van der Waals surface area contributed by atoms with Gasteiger partial charge in [0.1, 0.15) is 5.75 Å². The highest BCUT2D eigenvalue weighted by Gasteiger charge is 2.12. The lowest BCUT2D eigenvalue weighted by molar-refractivity contribution is -0.121. The van der Waals surface area contributed by atoms with Gasteiger partial charge in [0.25, 0.3) is 0 Å². The van der Waals surface area contributed by atoms with E-state index in [9.17, 15) is 4.79 Å². The van der Waals surface area contributed by atoms with Crippen LogP contribution in [0, 0.1) is 0 Å². The van der Waals surface area contributed by atoms with Crippen molar-refractivity contribution in [3.8, 4) is 5.75 Å². The lowest BCUT2D eigenvalue weighted by Gasteiger charge is -2.27. The number of piperazine rings is 1. The second-order valence-electron chi connectivity index (χ2n) is 6.17. The summed E-state index contributed by atoms with van der Waals surface area (Å²) in [6, 6.07) is 7.94. The van der Waals surface area contributed by atoms with Crippen LogP contribution in [-0.4, -0.2) is 57.2 Å². The van der Waals surface area contributed by atoms with Crippen LogP contribution in [0.25, 0.3) is 0 Å². The minimum absolute atomic E-state index is 0. The fourth-order valence-electron chi connectivity index (χ4n) is 2.87. The fraction of sp³-hybridized carbons (Fsp3) is 0.611. The Balaban J connectivity index is 0.00000288. The molecule has 5 nitrogen and oxygen atoms in total. The summed E-state index contributed by atoms with van der Waals surface area (Å²) < 4.78 is 5.16. The van der Waals surface area contributed by atoms with E-state index < -0.39 is 0 Å². The monoisotopic (exact) mass is 355 g/mol. The molecular formula is C18H30ClN3O2. The van der Waals surface area contributed by atoms with Gasteiger partial charge in [0.05, 0.1) is 7.11 Å². The summed E-state index contributed by atoms with van der Waals surface area (Å²) in [6.45, 7) is 8.29. The molecule has 1 unspecified atom stereocenters.